The maximum absolute atomic E-state index is 10.4. The molecule has 10 heavy (non-hydrogen) atoms. The Balaban J connectivity index is 0. The van der Waals surface area contributed by atoms with Crippen LogP contribution in [0.4, 0.5) is 4.79 Å². The Bertz CT molecular complexity index is 185. The van der Waals surface area contributed by atoms with Gasteiger partial charge in [-0.3, -0.25) is 4.52 Å². The molecule has 0 aromatic carbocycles. The van der Waals surface area contributed by atoms with Crippen molar-refractivity contribution in [3.63, 3.8) is 0 Å². The first-order chi connectivity index (χ1) is 4.13. The van der Waals surface area contributed by atoms with Gasteiger partial charge in [-0.25, -0.2) is 9.36 Å². The summed E-state index contributed by atoms with van der Waals surface area (Å²) in [6, 6.07) is 0. The Morgan fingerprint density at radius 3 is 2.50 bits per heavy atom. The summed E-state index contributed by atoms with van der Waals surface area (Å²) >= 11 is 0. The standard InChI is InChI=1S/C3H5O5P.Na.H/c4-3-7-1-2-8-9(3,5)6;;/h1-2H2,(H,5,6);;/q;+1;-1. The van der Waals surface area contributed by atoms with Crippen LogP contribution in [0.25, 0.3) is 0 Å². The summed E-state index contributed by atoms with van der Waals surface area (Å²) in [7, 11) is -4.04. The second-order valence-electron chi connectivity index (χ2n) is 1.47. The molecule has 0 aliphatic carbocycles. The molecular formula is C3H6NaO5P. The van der Waals surface area contributed by atoms with Gasteiger partial charge in [0.05, 0.1) is 6.61 Å². The second-order valence-corrected chi connectivity index (χ2v) is 3.13. The molecule has 1 aliphatic rings. The molecule has 1 aliphatic heterocycles. The second kappa shape index (κ2) is 3.85. The van der Waals surface area contributed by atoms with Gasteiger partial charge in [-0.05, 0) is 0 Å². The van der Waals surface area contributed by atoms with Crippen LogP contribution in [0.5, 0.6) is 0 Å². The molecule has 1 saturated heterocycles. The van der Waals surface area contributed by atoms with Gasteiger partial charge in [0.2, 0.25) is 0 Å². The molecule has 1 heterocycles. The molecule has 5 nitrogen and oxygen atoms in total. The molecule has 0 spiro atoms. The van der Waals surface area contributed by atoms with E-state index in [1.54, 1.807) is 0 Å². The summed E-state index contributed by atoms with van der Waals surface area (Å²) in [5.74, 6) is 0. The number of carbonyl (C=O) groups excluding carboxylic acids is 1. The van der Waals surface area contributed by atoms with Crippen molar-refractivity contribution in [2.75, 3.05) is 13.2 Å². The number of cyclic esters (lactones) is 1. The molecular weight excluding hydrogens is 170 g/mol. The minimum Gasteiger partial charge on any atom is -1.00 e. The van der Waals surface area contributed by atoms with Gasteiger partial charge in [-0.2, -0.15) is 0 Å². The van der Waals surface area contributed by atoms with Crippen LogP contribution in [0.3, 0.4) is 0 Å². The molecule has 1 N–H and O–H groups in total. The van der Waals surface area contributed by atoms with E-state index in [1.807, 2.05) is 0 Å². The SMILES string of the molecule is O=C1OCCOP1(=O)O.[H-].[Na+]. The van der Waals surface area contributed by atoms with E-state index in [2.05, 4.69) is 9.26 Å². The van der Waals surface area contributed by atoms with Crippen LogP contribution >= 0.6 is 7.60 Å². The van der Waals surface area contributed by atoms with Gasteiger partial charge in [0, 0.05) is 0 Å². The van der Waals surface area contributed by atoms with E-state index in [-0.39, 0.29) is 44.2 Å². The summed E-state index contributed by atoms with van der Waals surface area (Å²) in [5, 5.41) is 0. The zero-order chi connectivity index (χ0) is 6.91. The molecule has 54 valence electrons. The van der Waals surface area contributed by atoms with Crippen molar-refractivity contribution in [3.8, 4) is 0 Å². The summed E-state index contributed by atoms with van der Waals surface area (Å²) in [6.07, 6.45) is 0. The quantitative estimate of drug-likeness (QED) is 0.325. The smallest absolute Gasteiger partial charge is 1.00 e. The first-order valence-electron chi connectivity index (χ1n) is 2.27. The Hall–Kier alpha value is 0.620. The molecule has 1 atom stereocenters. The van der Waals surface area contributed by atoms with Gasteiger partial charge in [0.15, 0.2) is 0 Å². The Labute approximate surface area is 81.0 Å². The first-order valence-corrected chi connectivity index (χ1v) is 3.85. The number of ether oxygens (including phenoxy) is 1. The number of hydrogen-bond acceptors (Lipinski definition) is 4. The van der Waals surface area contributed by atoms with Gasteiger partial charge < -0.3 is 11.1 Å². The zero-order valence-corrected chi connectivity index (χ0v) is 8.34. The van der Waals surface area contributed by atoms with Crippen molar-refractivity contribution < 1.29 is 54.5 Å². The van der Waals surface area contributed by atoms with Crippen LogP contribution in [0.15, 0.2) is 0 Å². The summed E-state index contributed by atoms with van der Waals surface area (Å²) in [6.45, 7) is 0.0584. The monoisotopic (exact) mass is 176 g/mol. The third-order valence-corrected chi connectivity index (χ3v) is 1.93. The maximum Gasteiger partial charge on any atom is 1.00 e. The van der Waals surface area contributed by atoms with E-state index in [0.717, 1.165) is 0 Å². The fraction of sp³-hybridized carbons (Fsp3) is 0.667. The molecule has 0 amide bonds. The average molecular weight is 176 g/mol. The van der Waals surface area contributed by atoms with E-state index < -0.39 is 13.3 Å². The summed E-state index contributed by atoms with van der Waals surface area (Å²) < 4.78 is 18.9. The zero-order valence-electron chi connectivity index (χ0n) is 6.44. The van der Waals surface area contributed by atoms with E-state index in [9.17, 15) is 9.36 Å². The number of rotatable bonds is 0. The molecule has 1 unspecified atom stereocenters. The molecule has 0 radical (unpaired) electrons. The minimum absolute atomic E-state index is 0. The largest absolute Gasteiger partial charge is 1.00 e. The van der Waals surface area contributed by atoms with Crippen LogP contribution in [0.2, 0.25) is 0 Å². The topological polar surface area (TPSA) is 72.8 Å². The van der Waals surface area contributed by atoms with Crippen molar-refractivity contribution in [1.29, 1.82) is 0 Å². The van der Waals surface area contributed by atoms with Crippen molar-refractivity contribution in [1.82, 2.24) is 0 Å². The third kappa shape index (κ3) is 2.34. The van der Waals surface area contributed by atoms with E-state index >= 15 is 0 Å². The van der Waals surface area contributed by atoms with E-state index in [0.29, 0.717) is 0 Å². The van der Waals surface area contributed by atoms with E-state index in [4.69, 9.17) is 4.89 Å². The Morgan fingerprint density at radius 1 is 1.60 bits per heavy atom. The molecule has 7 heteroatoms. The fourth-order valence-electron chi connectivity index (χ4n) is 0.424. The average Bonchev–Trinajstić information content (AvgIpc) is 1.77. The van der Waals surface area contributed by atoms with Gasteiger partial charge in [-0.1, -0.05) is 0 Å². The predicted molar refractivity (Wildman–Crippen MR) is 28.2 cm³/mol. The van der Waals surface area contributed by atoms with Crippen LogP contribution in [0.1, 0.15) is 1.43 Å². The molecule has 0 saturated carbocycles. The van der Waals surface area contributed by atoms with Gasteiger partial charge in [0.1, 0.15) is 6.61 Å². The summed E-state index contributed by atoms with van der Waals surface area (Å²) in [5.41, 5.74) is -1.16. The number of hydrogen-bond donors (Lipinski definition) is 1. The van der Waals surface area contributed by atoms with Crippen LogP contribution in [-0.4, -0.2) is 23.8 Å². The molecule has 1 fully saturated rings. The maximum atomic E-state index is 10.4. The van der Waals surface area contributed by atoms with Crippen molar-refractivity contribution >= 4 is 13.3 Å². The van der Waals surface area contributed by atoms with E-state index in [1.165, 1.54) is 0 Å². The number of carbonyl (C=O) groups is 1. The Morgan fingerprint density at radius 2 is 2.20 bits per heavy atom. The van der Waals surface area contributed by atoms with Crippen molar-refractivity contribution in [3.05, 3.63) is 0 Å². The Kier molecular flexibility index (Phi) is 4.09. The molecule has 0 aromatic rings. The molecule has 0 bridgehead atoms. The molecule has 0 aromatic heterocycles. The normalized spacial score (nSPS) is 32.3. The van der Waals surface area contributed by atoms with Gasteiger partial charge in [-0.15, -0.1) is 0 Å². The fourth-order valence-corrected chi connectivity index (χ4v) is 1.11. The van der Waals surface area contributed by atoms with Gasteiger partial charge in [0.25, 0.3) is 0 Å². The van der Waals surface area contributed by atoms with Crippen LogP contribution < -0.4 is 29.6 Å². The molecule has 1 rings (SSSR count). The van der Waals surface area contributed by atoms with Crippen molar-refractivity contribution in [2.24, 2.45) is 0 Å². The third-order valence-electron chi connectivity index (χ3n) is 0.806. The van der Waals surface area contributed by atoms with Crippen LogP contribution in [0, 0.1) is 0 Å². The van der Waals surface area contributed by atoms with Crippen molar-refractivity contribution in [2.45, 2.75) is 0 Å². The van der Waals surface area contributed by atoms with Gasteiger partial charge >= 0.3 is 42.9 Å². The summed E-state index contributed by atoms with van der Waals surface area (Å²) in [4.78, 5) is 18.8. The first kappa shape index (κ1) is 10.6. The minimum atomic E-state index is -4.04. The predicted octanol–water partition coefficient (Wildman–Crippen LogP) is -2.54. The van der Waals surface area contributed by atoms with Crippen LogP contribution in [-0.2, 0) is 13.8 Å².